The van der Waals surface area contributed by atoms with Gasteiger partial charge >= 0.3 is 0 Å². The molecule has 1 aliphatic heterocycles. The molecule has 4 nitrogen and oxygen atoms in total. The van der Waals surface area contributed by atoms with Crippen molar-refractivity contribution in [2.24, 2.45) is 5.10 Å². The number of phenols is 1. The molecule has 0 fully saturated rings. The highest BCUT2D eigenvalue weighted by Gasteiger charge is 2.30. The van der Waals surface area contributed by atoms with E-state index in [1.54, 1.807) is 6.07 Å². The number of hydrogen-bond acceptors (Lipinski definition) is 4. The molecular weight excluding hydrogens is 334 g/mol. The minimum atomic E-state index is 0.0956. The Balaban J connectivity index is 1.73. The molecule has 0 bridgehead atoms. The topological polar surface area (TPSA) is 39.1 Å². The summed E-state index contributed by atoms with van der Waals surface area (Å²) in [5, 5.41) is 17.2. The molecule has 0 saturated heterocycles. The van der Waals surface area contributed by atoms with Gasteiger partial charge in [-0.2, -0.15) is 5.10 Å². The van der Waals surface area contributed by atoms with E-state index >= 15 is 0 Å². The zero-order valence-corrected chi connectivity index (χ0v) is 15.6. The molecule has 0 aliphatic carbocycles. The molecule has 0 radical (unpaired) electrons. The van der Waals surface area contributed by atoms with Gasteiger partial charge in [0.2, 0.25) is 0 Å². The molecule has 1 atom stereocenters. The van der Waals surface area contributed by atoms with E-state index in [0.29, 0.717) is 0 Å². The normalized spacial score (nSPS) is 16.3. The first-order valence-corrected chi connectivity index (χ1v) is 9.11. The van der Waals surface area contributed by atoms with Crippen molar-refractivity contribution in [3.63, 3.8) is 0 Å². The minimum Gasteiger partial charge on any atom is -0.507 e. The first-order valence-electron chi connectivity index (χ1n) is 9.11. The number of benzene rings is 3. The van der Waals surface area contributed by atoms with Crippen molar-refractivity contribution in [2.75, 3.05) is 24.0 Å². The lowest BCUT2D eigenvalue weighted by atomic mass is 9.97. The van der Waals surface area contributed by atoms with Crippen LogP contribution >= 0.6 is 0 Å². The Morgan fingerprint density at radius 3 is 2.22 bits per heavy atom. The molecule has 1 heterocycles. The quantitative estimate of drug-likeness (QED) is 0.728. The van der Waals surface area contributed by atoms with Crippen molar-refractivity contribution < 1.29 is 5.11 Å². The summed E-state index contributed by atoms with van der Waals surface area (Å²) in [4.78, 5) is 2.09. The number of phenolic OH excluding ortho intramolecular Hbond substituents is 1. The van der Waals surface area contributed by atoms with E-state index in [0.717, 1.165) is 23.4 Å². The predicted octanol–water partition coefficient (Wildman–Crippen LogP) is 4.81. The van der Waals surface area contributed by atoms with Crippen molar-refractivity contribution in [3.8, 4) is 5.75 Å². The van der Waals surface area contributed by atoms with E-state index in [9.17, 15) is 5.11 Å². The average molecular weight is 357 g/mol. The Kier molecular flexibility index (Phi) is 4.55. The fraction of sp³-hybridized carbons (Fsp3) is 0.174. The summed E-state index contributed by atoms with van der Waals surface area (Å²) in [6.45, 7) is 0. The van der Waals surface area contributed by atoms with Crippen LogP contribution in [0, 0.1) is 0 Å². The first kappa shape index (κ1) is 17.2. The van der Waals surface area contributed by atoms with Crippen LogP contribution < -0.4 is 9.91 Å². The lowest BCUT2D eigenvalue weighted by molar-refractivity contribution is 0.474. The van der Waals surface area contributed by atoms with E-state index in [4.69, 9.17) is 5.10 Å². The number of aromatic hydroxyl groups is 1. The van der Waals surface area contributed by atoms with E-state index in [2.05, 4.69) is 46.3 Å². The molecule has 136 valence electrons. The van der Waals surface area contributed by atoms with Gasteiger partial charge in [0.05, 0.1) is 17.4 Å². The van der Waals surface area contributed by atoms with E-state index in [1.165, 1.54) is 11.3 Å². The highest BCUT2D eigenvalue weighted by Crippen LogP contribution is 2.38. The highest BCUT2D eigenvalue weighted by atomic mass is 16.3. The Morgan fingerprint density at radius 2 is 1.56 bits per heavy atom. The summed E-state index contributed by atoms with van der Waals surface area (Å²) in [6.07, 6.45) is 0.744. The summed E-state index contributed by atoms with van der Waals surface area (Å²) in [5.41, 5.74) is 5.12. The van der Waals surface area contributed by atoms with E-state index < -0.39 is 0 Å². The molecule has 1 N–H and O–H groups in total. The van der Waals surface area contributed by atoms with Gasteiger partial charge in [-0.25, -0.2) is 0 Å². The smallest absolute Gasteiger partial charge is 0.124 e. The van der Waals surface area contributed by atoms with E-state index in [-0.39, 0.29) is 11.8 Å². The van der Waals surface area contributed by atoms with Crippen molar-refractivity contribution in [1.29, 1.82) is 0 Å². The summed E-state index contributed by atoms with van der Waals surface area (Å²) < 4.78 is 0. The molecule has 4 heteroatoms. The minimum absolute atomic E-state index is 0.0956. The van der Waals surface area contributed by atoms with Crippen LogP contribution in [0.5, 0.6) is 5.75 Å². The summed E-state index contributed by atoms with van der Waals surface area (Å²) in [6, 6.07) is 26.3. The molecule has 0 amide bonds. The monoisotopic (exact) mass is 357 g/mol. The molecule has 3 aromatic rings. The Bertz CT molecular complexity index is 949. The largest absolute Gasteiger partial charge is 0.507 e. The third kappa shape index (κ3) is 3.38. The zero-order chi connectivity index (χ0) is 18.8. The number of rotatable bonds is 4. The van der Waals surface area contributed by atoms with E-state index in [1.807, 2.05) is 50.5 Å². The maximum atomic E-state index is 10.3. The van der Waals surface area contributed by atoms with Crippen LogP contribution in [0.25, 0.3) is 0 Å². The van der Waals surface area contributed by atoms with Gasteiger partial charge in [0, 0.05) is 31.8 Å². The molecule has 0 aromatic heterocycles. The number of hydrogen-bond donors (Lipinski definition) is 1. The van der Waals surface area contributed by atoms with Crippen molar-refractivity contribution in [3.05, 3.63) is 90.0 Å². The molecule has 0 spiro atoms. The van der Waals surface area contributed by atoms with Crippen LogP contribution in [0.2, 0.25) is 0 Å². The number of anilines is 2. The van der Waals surface area contributed by atoms with Gasteiger partial charge < -0.3 is 10.0 Å². The fourth-order valence-corrected chi connectivity index (χ4v) is 3.46. The summed E-state index contributed by atoms with van der Waals surface area (Å²) in [7, 11) is 4.08. The van der Waals surface area contributed by atoms with Crippen LogP contribution in [-0.2, 0) is 0 Å². The Hall–Kier alpha value is -3.27. The van der Waals surface area contributed by atoms with Crippen molar-refractivity contribution in [2.45, 2.75) is 12.5 Å². The standard InChI is InChI=1S/C23H23N3O/c1-25(2)18-14-12-17(13-15-18)22-16-21(20-10-6-7-11-23(20)27)24-26(22)19-8-4-3-5-9-19/h3-15,22,27H,16H2,1-2H3. The second kappa shape index (κ2) is 7.16. The van der Waals surface area contributed by atoms with Gasteiger partial charge in [0.15, 0.2) is 0 Å². The van der Waals surface area contributed by atoms with Crippen LogP contribution in [0.1, 0.15) is 23.6 Å². The Labute approximate surface area is 160 Å². The maximum absolute atomic E-state index is 10.3. The molecule has 0 saturated carbocycles. The van der Waals surface area contributed by atoms with Gasteiger partial charge in [0.25, 0.3) is 0 Å². The fourth-order valence-electron chi connectivity index (χ4n) is 3.46. The van der Waals surface area contributed by atoms with Gasteiger partial charge in [-0.05, 0) is 42.0 Å². The summed E-state index contributed by atoms with van der Waals surface area (Å²) >= 11 is 0. The van der Waals surface area contributed by atoms with Gasteiger partial charge in [-0.1, -0.05) is 42.5 Å². The lowest BCUT2D eigenvalue weighted by Crippen LogP contribution is -2.18. The third-order valence-corrected chi connectivity index (χ3v) is 4.94. The number of nitrogens with zero attached hydrogens (tertiary/aromatic N) is 3. The van der Waals surface area contributed by atoms with Crippen LogP contribution in [0.3, 0.4) is 0 Å². The third-order valence-electron chi connectivity index (χ3n) is 4.94. The molecule has 1 unspecified atom stereocenters. The average Bonchev–Trinajstić information content (AvgIpc) is 3.14. The SMILES string of the molecule is CN(C)c1ccc(C2CC(c3ccccc3O)=NN2c2ccccc2)cc1. The molecule has 27 heavy (non-hydrogen) atoms. The highest BCUT2D eigenvalue weighted by molar-refractivity contribution is 6.05. The molecule has 4 rings (SSSR count). The number of hydrazone groups is 1. The molecule has 3 aromatic carbocycles. The molecule has 1 aliphatic rings. The van der Waals surface area contributed by atoms with Crippen LogP contribution in [-0.4, -0.2) is 24.9 Å². The van der Waals surface area contributed by atoms with Crippen molar-refractivity contribution in [1.82, 2.24) is 0 Å². The molecular formula is C23H23N3O. The first-order chi connectivity index (χ1) is 13.1. The van der Waals surface area contributed by atoms with Gasteiger partial charge in [-0.15, -0.1) is 0 Å². The summed E-state index contributed by atoms with van der Waals surface area (Å²) in [5.74, 6) is 0.271. The predicted molar refractivity (Wildman–Crippen MR) is 112 cm³/mol. The van der Waals surface area contributed by atoms with Gasteiger partial charge in [0.1, 0.15) is 5.75 Å². The second-order valence-corrected chi connectivity index (χ2v) is 6.95. The zero-order valence-electron chi connectivity index (χ0n) is 15.6. The lowest BCUT2D eigenvalue weighted by Gasteiger charge is -2.24. The van der Waals surface area contributed by atoms with Crippen molar-refractivity contribution >= 4 is 17.1 Å². The number of para-hydroxylation sites is 2. The van der Waals surface area contributed by atoms with Crippen LogP contribution in [0.15, 0.2) is 84.0 Å². The second-order valence-electron chi connectivity index (χ2n) is 6.95. The van der Waals surface area contributed by atoms with Crippen LogP contribution in [0.4, 0.5) is 11.4 Å². The maximum Gasteiger partial charge on any atom is 0.124 e. The Morgan fingerprint density at radius 1 is 0.889 bits per heavy atom. The van der Waals surface area contributed by atoms with Gasteiger partial charge in [-0.3, -0.25) is 5.01 Å².